The van der Waals surface area contributed by atoms with Gasteiger partial charge in [-0.2, -0.15) is 0 Å². The minimum Gasteiger partial charge on any atom is -0.496 e. The standard InChI is InChI=1S/C37H53BN2O8/c1-35(2,3)46-34(44)28-10-8-9-26(33(28)45-7)20-31(38-47-30-22-27-21-29(36(27,4)5)37(30,6)48-38)39-32(43)19-24-11-13-25(14-12-24)23-40(15-17-41)16-18-42/h8-14,27,29-31,41-42H,15-23H2,1-7H3,(H,39,43). The molecule has 0 aromatic heterocycles. The Morgan fingerprint density at radius 3 is 2.31 bits per heavy atom. The highest BCUT2D eigenvalue weighted by Gasteiger charge is 2.68. The van der Waals surface area contributed by atoms with Crippen molar-refractivity contribution in [2.45, 2.75) is 97.0 Å². The number of aliphatic hydroxyl groups excluding tert-OH is 2. The van der Waals surface area contributed by atoms with Gasteiger partial charge >= 0.3 is 13.1 Å². The van der Waals surface area contributed by atoms with Gasteiger partial charge in [0.15, 0.2) is 0 Å². The monoisotopic (exact) mass is 664 g/mol. The maximum absolute atomic E-state index is 13.7. The summed E-state index contributed by atoms with van der Waals surface area (Å²) in [5.41, 5.74) is 1.99. The van der Waals surface area contributed by atoms with Gasteiger partial charge in [-0.15, -0.1) is 0 Å². The number of methoxy groups -OCH3 is 1. The molecule has 48 heavy (non-hydrogen) atoms. The van der Waals surface area contributed by atoms with Crippen LogP contribution in [0, 0.1) is 17.3 Å². The van der Waals surface area contributed by atoms with E-state index in [1.165, 1.54) is 7.11 Å². The van der Waals surface area contributed by atoms with Gasteiger partial charge in [0.25, 0.3) is 0 Å². The molecule has 1 aliphatic heterocycles. The summed E-state index contributed by atoms with van der Waals surface area (Å²) in [6.07, 6.45) is 2.47. The number of amides is 1. The maximum Gasteiger partial charge on any atom is 0.482 e. The highest BCUT2D eigenvalue weighted by molar-refractivity contribution is 6.48. The topological polar surface area (TPSA) is 127 Å². The van der Waals surface area contributed by atoms with Crippen LogP contribution in [0.15, 0.2) is 42.5 Å². The summed E-state index contributed by atoms with van der Waals surface area (Å²) in [6, 6.07) is 13.2. The number of para-hydroxylation sites is 1. The van der Waals surface area contributed by atoms with Gasteiger partial charge in [-0.05, 0) is 87.0 Å². The van der Waals surface area contributed by atoms with Gasteiger partial charge in [0.2, 0.25) is 5.91 Å². The van der Waals surface area contributed by atoms with Crippen molar-refractivity contribution in [3.63, 3.8) is 0 Å². The van der Waals surface area contributed by atoms with Crippen LogP contribution in [-0.2, 0) is 38.2 Å². The molecule has 1 amide bonds. The van der Waals surface area contributed by atoms with E-state index in [0.29, 0.717) is 49.2 Å². The molecule has 3 aliphatic carbocycles. The number of carbonyl (C=O) groups is 2. The molecule has 2 aromatic carbocycles. The van der Waals surface area contributed by atoms with Crippen LogP contribution in [0.25, 0.3) is 0 Å². The minimum absolute atomic E-state index is 0.0178. The van der Waals surface area contributed by atoms with Crippen LogP contribution in [0.4, 0.5) is 0 Å². The zero-order valence-electron chi connectivity index (χ0n) is 29.6. The molecule has 2 aromatic rings. The van der Waals surface area contributed by atoms with Crippen molar-refractivity contribution in [3.8, 4) is 5.75 Å². The number of ether oxygens (including phenoxy) is 2. The van der Waals surface area contributed by atoms with E-state index >= 15 is 0 Å². The number of hydrogen-bond acceptors (Lipinski definition) is 9. The molecule has 0 spiro atoms. The van der Waals surface area contributed by atoms with Crippen molar-refractivity contribution in [1.82, 2.24) is 10.2 Å². The molecule has 6 rings (SSSR count). The first-order valence-electron chi connectivity index (χ1n) is 17.2. The maximum atomic E-state index is 13.7. The fraction of sp³-hybridized carbons (Fsp3) is 0.622. The Morgan fingerprint density at radius 2 is 1.71 bits per heavy atom. The summed E-state index contributed by atoms with van der Waals surface area (Å²) >= 11 is 0. The van der Waals surface area contributed by atoms with Gasteiger partial charge in [-0.25, -0.2) is 4.79 Å². The molecule has 4 fully saturated rings. The molecule has 1 heterocycles. The third kappa shape index (κ3) is 7.76. The number of esters is 1. The van der Waals surface area contributed by atoms with Crippen LogP contribution in [0.1, 0.15) is 81.4 Å². The van der Waals surface area contributed by atoms with Gasteiger partial charge in [-0.1, -0.05) is 50.2 Å². The smallest absolute Gasteiger partial charge is 0.482 e. The molecule has 10 nitrogen and oxygen atoms in total. The van der Waals surface area contributed by atoms with Gasteiger partial charge < -0.3 is 34.3 Å². The second kappa shape index (κ2) is 14.5. The molecule has 5 atom stereocenters. The summed E-state index contributed by atoms with van der Waals surface area (Å²) in [6.45, 7) is 13.8. The summed E-state index contributed by atoms with van der Waals surface area (Å²) < 4.78 is 24.9. The number of nitrogens with one attached hydrogen (secondary N) is 1. The Morgan fingerprint density at radius 1 is 1.04 bits per heavy atom. The normalized spacial score (nSPS) is 24.9. The SMILES string of the molecule is COc1c(CC(NC(=O)Cc2ccc(CN(CCO)CCO)cc2)B2OC3CC4CC(C4(C)C)C3(C)O2)cccc1C(=O)OC(C)(C)C. The first-order chi connectivity index (χ1) is 22.7. The molecule has 1 saturated heterocycles. The largest absolute Gasteiger partial charge is 0.496 e. The van der Waals surface area contributed by atoms with Crippen molar-refractivity contribution in [1.29, 1.82) is 0 Å². The van der Waals surface area contributed by atoms with E-state index in [1.54, 1.807) is 12.1 Å². The highest BCUT2D eigenvalue weighted by Crippen LogP contribution is 2.65. The van der Waals surface area contributed by atoms with Gasteiger partial charge in [0, 0.05) is 19.6 Å². The van der Waals surface area contributed by atoms with E-state index in [0.717, 1.165) is 29.5 Å². The predicted molar refractivity (Wildman–Crippen MR) is 184 cm³/mol. The van der Waals surface area contributed by atoms with Crippen molar-refractivity contribution in [2.24, 2.45) is 17.3 Å². The minimum atomic E-state index is -0.680. The van der Waals surface area contributed by atoms with Crippen LogP contribution in [-0.4, -0.2) is 90.8 Å². The van der Waals surface area contributed by atoms with Crippen molar-refractivity contribution in [2.75, 3.05) is 33.4 Å². The molecular weight excluding hydrogens is 611 g/mol. The van der Waals surface area contributed by atoms with E-state index in [-0.39, 0.29) is 37.1 Å². The summed E-state index contributed by atoms with van der Waals surface area (Å²) in [4.78, 5) is 28.8. The number of carbonyl (C=O) groups excluding carboxylic acids is 2. The van der Waals surface area contributed by atoms with Gasteiger partial charge in [0.1, 0.15) is 16.9 Å². The molecule has 11 heteroatoms. The number of aliphatic hydroxyl groups is 2. The van der Waals surface area contributed by atoms with Gasteiger partial charge in [0.05, 0.1) is 44.4 Å². The lowest BCUT2D eigenvalue weighted by atomic mass is 9.43. The van der Waals surface area contributed by atoms with Gasteiger partial charge in [-0.3, -0.25) is 9.69 Å². The number of nitrogens with zero attached hydrogens (tertiary/aromatic N) is 1. The fourth-order valence-corrected chi connectivity index (χ4v) is 8.02. The predicted octanol–water partition coefficient (Wildman–Crippen LogP) is 3.97. The lowest BCUT2D eigenvalue weighted by Gasteiger charge is -2.64. The lowest BCUT2D eigenvalue weighted by Crippen LogP contribution is -2.65. The third-order valence-electron chi connectivity index (χ3n) is 10.6. The summed E-state index contributed by atoms with van der Waals surface area (Å²) in [5, 5.41) is 21.9. The van der Waals surface area contributed by atoms with E-state index < -0.39 is 30.2 Å². The van der Waals surface area contributed by atoms with Crippen molar-refractivity contribution < 1.29 is 38.6 Å². The van der Waals surface area contributed by atoms with Crippen LogP contribution in [0.2, 0.25) is 0 Å². The van der Waals surface area contributed by atoms with Crippen LogP contribution in [0.3, 0.4) is 0 Å². The summed E-state index contributed by atoms with van der Waals surface area (Å²) in [7, 11) is 0.852. The fourth-order valence-electron chi connectivity index (χ4n) is 8.02. The van der Waals surface area contributed by atoms with Crippen LogP contribution >= 0.6 is 0 Å². The molecule has 262 valence electrons. The van der Waals surface area contributed by atoms with Crippen LogP contribution in [0.5, 0.6) is 5.75 Å². The Labute approximate surface area is 285 Å². The Hall–Kier alpha value is -2.96. The van der Waals surface area contributed by atoms with E-state index in [9.17, 15) is 19.8 Å². The van der Waals surface area contributed by atoms with E-state index in [4.69, 9.17) is 18.8 Å². The second-order valence-electron chi connectivity index (χ2n) is 15.4. The average molecular weight is 665 g/mol. The molecule has 3 saturated carbocycles. The van der Waals surface area contributed by atoms with Crippen molar-refractivity contribution in [3.05, 3.63) is 64.7 Å². The number of hydrogen-bond donors (Lipinski definition) is 3. The quantitative estimate of drug-likeness (QED) is 0.203. The zero-order chi connectivity index (χ0) is 34.9. The van der Waals surface area contributed by atoms with E-state index in [1.807, 2.05) is 56.0 Å². The summed E-state index contributed by atoms with van der Waals surface area (Å²) in [5.74, 6) is 0.160. The number of benzene rings is 2. The lowest BCUT2D eigenvalue weighted by molar-refractivity contribution is -0.199. The Kier molecular flexibility index (Phi) is 11.0. The molecule has 0 radical (unpaired) electrons. The van der Waals surface area contributed by atoms with Crippen LogP contribution < -0.4 is 10.1 Å². The Balaban J connectivity index is 1.36. The Bertz CT molecular complexity index is 1440. The third-order valence-corrected chi connectivity index (χ3v) is 10.6. The first-order valence-corrected chi connectivity index (χ1v) is 17.2. The average Bonchev–Trinajstić information content (AvgIpc) is 3.38. The van der Waals surface area contributed by atoms with E-state index in [2.05, 4.69) is 26.1 Å². The van der Waals surface area contributed by atoms with Crippen molar-refractivity contribution >= 4 is 19.0 Å². The molecule has 5 unspecified atom stereocenters. The molecular formula is C37H53BN2O8. The second-order valence-corrected chi connectivity index (χ2v) is 15.4. The highest BCUT2D eigenvalue weighted by atomic mass is 16.7. The molecule has 4 aliphatic rings. The molecule has 2 bridgehead atoms. The number of rotatable bonds is 14. The zero-order valence-corrected chi connectivity index (χ0v) is 29.6. The first kappa shape index (κ1) is 36.3. The molecule has 3 N–H and O–H groups in total.